The summed E-state index contributed by atoms with van der Waals surface area (Å²) in [5.74, 6) is 0.669. The molecule has 30 heavy (non-hydrogen) atoms. The maximum atomic E-state index is 12.8. The van der Waals surface area contributed by atoms with Crippen LogP contribution < -0.4 is 14.2 Å². The first-order chi connectivity index (χ1) is 14.5. The molecule has 0 aromatic heterocycles. The van der Waals surface area contributed by atoms with Gasteiger partial charge in [0.25, 0.3) is 5.91 Å². The van der Waals surface area contributed by atoms with Gasteiger partial charge in [0.15, 0.2) is 17.6 Å². The summed E-state index contributed by atoms with van der Waals surface area (Å²) in [7, 11) is 4.54. The maximum Gasteiger partial charge on any atom is 0.311 e. The number of ether oxygens (including phenoxy) is 4. The van der Waals surface area contributed by atoms with Gasteiger partial charge in [-0.05, 0) is 42.2 Å². The van der Waals surface area contributed by atoms with Gasteiger partial charge < -0.3 is 23.8 Å². The number of hydrogen-bond acceptors (Lipinski definition) is 6. The van der Waals surface area contributed by atoms with Crippen LogP contribution in [0.5, 0.6) is 17.2 Å². The van der Waals surface area contributed by atoms with Crippen molar-refractivity contribution in [2.24, 2.45) is 0 Å². The van der Waals surface area contributed by atoms with Crippen molar-refractivity contribution in [3.63, 3.8) is 0 Å². The molecule has 1 heterocycles. The molecule has 160 valence electrons. The predicted molar refractivity (Wildman–Crippen MR) is 111 cm³/mol. The van der Waals surface area contributed by atoms with Crippen molar-refractivity contribution in [1.82, 2.24) is 4.90 Å². The van der Waals surface area contributed by atoms with Crippen molar-refractivity contribution >= 4 is 11.9 Å². The molecule has 0 N–H and O–H groups in total. The van der Waals surface area contributed by atoms with E-state index in [0.717, 1.165) is 12.0 Å². The highest BCUT2D eigenvalue weighted by Gasteiger charge is 2.27. The summed E-state index contributed by atoms with van der Waals surface area (Å²) < 4.78 is 21.3. The van der Waals surface area contributed by atoms with Crippen molar-refractivity contribution in [3.8, 4) is 17.2 Å². The van der Waals surface area contributed by atoms with E-state index in [1.165, 1.54) is 26.9 Å². The molecule has 7 nitrogen and oxygen atoms in total. The Bertz CT molecular complexity index is 901. The minimum Gasteiger partial charge on any atom is -0.493 e. The molecule has 0 unspecified atom stereocenters. The largest absolute Gasteiger partial charge is 0.493 e. The van der Waals surface area contributed by atoms with Crippen molar-refractivity contribution in [3.05, 3.63) is 53.1 Å². The lowest BCUT2D eigenvalue weighted by molar-refractivity contribution is -0.159. The van der Waals surface area contributed by atoms with Gasteiger partial charge in [-0.25, -0.2) is 0 Å². The Morgan fingerprint density at radius 3 is 2.23 bits per heavy atom. The molecule has 0 radical (unpaired) electrons. The van der Waals surface area contributed by atoms with Gasteiger partial charge in [0.2, 0.25) is 5.75 Å². The summed E-state index contributed by atoms with van der Waals surface area (Å²) in [4.78, 5) is 27.0. The standard InChI is InChI=1S/C23H27NO6/c1-15(23(26)24-10-9-17-7-5-6-8-18(17)14-24)30-21(25)13-16-11-19(27-2)22(29-4)20(12-16)28-3/h5-8,11-12,15H,9-10,13-14H2,1-4H3/t15-/m0/s1. The molecule has 3 rings (SSSR count). The third-order valence-corrected chi connectivity index (χ3v) is 5.17. The summed E-state index contributed by atoms with van der Waals surface area (Å²) in [6, 6.07) is 11.5. The second-order valence-electron chi connectivity index (χ2n) is 7.12. The van der Waals surface area contributed by atoms with Gasteiger partial charge >= 0.3 is 5.97 Å². The molecule has 1 atom stereocenters. The normalized spacial score (nSPS) is 13.8. The smallest absolute Gasteiger partial charge is 0.311 e. The number of benzene rings is 2. The SMILES string of the molecule is COc1cc(CC(=O)O[C@@H](C)C(=O)N2CCc3ccccc3C2)cc(OC)c1OC. The van der Waals surface area contributed by atoms with Gasteiger partial charge in [0.1, 0.15) is 0 Å². The highest BCUT2D eigenvalue weighted by Crippen LogP contribution is 2.38. The summed E-state index contributed by atoms with van der Waals surface area (Å²) >= 11 is 0. The van der Waals surface area contributed by atoms with Crippen molar-refractivity contribution in [2.45, 2.75) is 32.4 Å². The Hall–Kier alpha value is -3.22. The van der Waals surface area contributed by atoms with Crippen molar-refractivity contribution < 1.29 is 28.5 Å². The third-order valence-electron chi connectivity index (χ3n) is 5.17. The highest BCUT2D eigenvalue weighted by atomic mass is 16.5. The Balaban J connectivity index is 1.63. The molecule has 0 bridgehead atoms. The lowest BCUT2D eigenvalue weighted by atomic mass is 9.99. The van der Waals surface area contributed by atoms with Crippen LogP contribution in [0.2, 0.25) is 0 Å². The van der Waals surface area contributed by atoms with E-state index in [2.05, 4.69) is 6.07 Å². The van der Waals surface area contributed by atoms with Gasteiger partial charge in [0.05, 0.1) is 27.8 Å². The van der Waals surface area contributed by atoms with Crippen LogP contribution in [0.1, 0.15) is 23.6 Å². The fourth-order valence-corrected chi connectivity index (χ4v) is 3.63. The number of carbonyl (C=O) groups is 2. The number of amides is 1. The fraction of sp³-hybridized carbons (Fsp3) is 0.391. The molecule has 7 heteroatoms. The Labute approximate surface area is 176 Å². The topological polar surface area (TPSA) is 74.3 Å². The second-order valence-corrected chi connectivity index (χ2v) is 7.12. The number of rotatable bonds is 7. The van der Waals surface area contributed by atoms with E-state index < -0.39 is 12.1 Å². The molecular formula is C23H27NO6. The average molecular weight is 413 g/mol. The quantitative estimate of drug-likeness (QED) is 0.650. The van der Waals surface area contributed by atoms with E-state index in [4.69, 9.17) is 18.9 Å². The van der Waals surface area contributed by atoms with Gasteiger partial charge in [-0.2, -0.15) is 0 Å². The van der Waals surface area contributed by atoms with Crippen LogP contribution in [0.15, 0.2) is 36.4 Å². The summed E-state index contributed by atoms with van der Waals surface area (Å²) in [6.07, 6.45) is -0.0737. The van der Waals surface area contributed by atoms with Gasteiger partial charge in [-0.1, -0.05) is 24.3 Å². The molecule has 1 amide bonds. The van der Waals surface area contributed by atoms with Crippen LogP contribution in [0.3, 0.4) is 0 Å². The summed E-state index contributed by atoms with van der Waals surface area (Å²) in [6.45, 7) is 2.75. The number of fused-ring (bicyclic) bond motifs is 1. The fourth-order valence-electron chi connectivity index (χ4n) is 3.63. The first-order valence-electron chi connectivity index (χ1n) is 9.80. The summed E-state index contributed by atoms with van der Waals surface area (Å²) in [5, 5.41) is 0. The molecule has 0 aliphatic carbocycles. The second kappa shape index (κ2) is 9.52. The lowest BCUT2D eigenvalue weighted by Gasteiger charge is -2.30. The minimum absolute atomic E-state index is 0.0167. The zero-order chi connectivity index (χ0) is 21.7. The zero-order valence-corrected chi connectivity index (χ0v) is 17.8. The van der Waals surface area contributed by atoms with E-state index >= 15 is 0 Å². The number of nitrogens with zero attached hydrogens (tertiary/aromatic N) is 1. The van der Waals surface area contributed by atoms with E-state index in [9.17, 15) is 9.59 Å². The van der Waals surface area contributed by atoms with Crippen LogP contribution in [0.4, 0.5) is 0 Å². The van der Waals surface area contributed by atoms with Crippen LogP contribution in [0, 0.1) is 0 Å². The number of methoxy groups -OCH3 is 3. The third kappa shape index (κ3) is 4.67. The van der Waals surface area contributed by atoms with Gasteiger partial charge in [-0.15, -0.1) is 0 Å². The molecule has 0 saturated heterocycles. The van der Waals surface area contributed by atoms with E-state index in [-0.39, 0.29) is 12.3 Å². The van der Waals surface area contributed by atoms with Gasteiger partial charge in [0, 0.05) is 13.1 Å². The molecule has 0 fully saturated rings. The van der Waals surface area contributed by atoms with Crippen LogP contribution >= 0.6 is 0 Å². The molecule has 0 saturated carbocycles. The zero-order valence-electron chi connectivity index (χ0n) is 17.8. The Kier molecular flexibility index (Phi) is 6.82. The molecule has 0 spiro atoms. The van der Waals surface area contributed by atoms with E-state index in [1.807, 2.05) is 18.2 Å². The van der Waals surface area contributed by atoms with Crippen LogP contribution in [-0.2, 0) is 33.7 Å². The monoisotopic (exact) mass is 413 g/mol. The minimum atomic E-state index is -0.857. The van der Waals surface area contributed by atoms with E-state index in [1.54, 1.807) is 24.0 Å². The Morgan fingerprint density at radius 2 is 1.63 bits per heavy atom. The number of carbonyl (C=O) groups excluding carboxylic acids is 2. The van der Waals surface area contributed by atoms with Crippen LogP contribution in [0.25, 0.3) is 0 Å². The molecule has 1 aliphatic rings. The van der Waals surface area contributed by atoms with Gasteiger partial charge in [-0.3, -0.25) is 9.59 Å². The maximum absolute atomic E-state index is 12.8. The predicted octanol–water partition coefficient (Wildman–Crippen LogP) is 2.77. The van der Waals surface area contributed by atoms with Crippen LogP contribution in [-0.4, -0.2) is 50.8 Å². The Morgan fingerprint density at radius 1 is 1.00 bits per heavy atom. The first kappa shape index (κ1) is 21.5. The highest BCUT2D eigenvalue weighted by molar-refractivity contribution is 5.84. The lowest BCUT2D eigenvalue weighted by Crippen LogP contribution is -2.42. The number of hydrogen-bond donors (Lipinski definition) is 0. The van der Waals surface area contributed by atoms with E-state index in [0.29, 0.717) is 35.9 Å². The molecule has 2 aromatic rings. The average Bonchev–Trinajstić information content (AvgIpc) is 2.77. The molecular weight excluding hydrogens is 386 g/mol. The van der Waals surface area contributed by atoms with Crippen molar-refractivity contribution in [2.75, 3.05) is 27.9 Å². The molecule has 1 aliphatic heterocycles. The molecule has 2 aromatic carbocycles. The van der Waals surface area contributed by atoms with Crippen molar-refractivity contribution in [1.29, 1.82) is 0 Å². The first-order valence-corrected chi connectivity index (χ1v) is 9.80. The summed E-state index contributed by atoms with van der Waals surface area (Å²) in [5.41, 5.74) is 3.03. The number of esters is 1.